The third-order valence-corrected chi connectivity index (χ3v) is 3.23. The highest BCUT2D eigenvalue weighted by atomic mass is 32.1. The lowest BCUT2D eigenvalue weighted by atomic mass is 10.2. The third kappa shape index (κ3) is 9.11. The monoisotopic (exact) mass is 379 g/mol. The number of halogens is 3. The number of carbonyl (C=O) groups excluding carboxylic acids is 1. The van der Waals surface area contributed by atoms with Gasteiger partial charge in [0, 0.05) is 13.0 Å². The Labute approximate surface area is 149 Å². The van der Waals surface area contributed by atoms with Crippen LogP contribution >= 0.6 is 12.2 Å². The maximum absolute atomic E-state index is 12.6. The van der Waals surface area contributed by atoms with E-state index in [0.29, 0.717) is 6.54 Å². The zero-order valence-electron chi connectivity index (χ0n) is 14.0. The van der Waals surface area contributed by atoms with Gasteiger partial charge in [-0.2, -0.15) is 13.2 Å². The number of ether oxygens (including phenoxy) is 1. The Hall–Kier alpha value is -2.07. The fourth-order valence-electron chi connectivity index (χ4n) is 1.76. The van der Waals surface area contributed by atoms with Gasteiger partial charge in [0.05, 0.1) is 26.2 Å². The van der Waals surface area contributed by atoms with Gasteiger partial charge >= 0.3 is 6.18 Å². The summed E-state index contributed by atoms with van der Waals surface area (Å²) in [7, 11) is 4.09. The van der Waals surface area contributed by atoms with Crippen molar-refractivity contribution in [2.75, 3.05) is 33.8 Å². The number of hydrogen-bond acceptors (Lipinski definition) is 3. The zero-order valence-corrected chi connectivity index (χ0v) is 14.8. The summed E-state index contributed by atoms with van der Waals surface area (Å²) in [4.78, 5) is 12.9. The van der Waals surface area contributed by atoms with Gasteiger partial charge in [-0.25, -0.2) is 0 Å². The number of rotatable bonds is 7. The lowest BCUT2D eigenvalue weighted by Crippen LogP contribution is -3.05. The summed E-state index contributed by atoms with van der Waals surface area (Å²) < 4.78 is 42.8. The van der Waals surface area contributed by atoms with Crippen LogP contribution in [0.1, 0.15) is 12.0 Å². The average Bonchev–Trinajstić information content (AvgIpc) is 2.54. The van der Waals surface area contributed by atoms with E-state index >= 15 is 0 Å². The van der Waals surface area contributed by atoms with E-state index < -0.39 is 24.3 Å². The molecule has 0 heterocycles. The second-order valence-corrected chi connectivity index (χ2v) is 5.96. The van der Waals surface area contributed by atoms with Gasteiger partial charge in [-0.3, -0.25) is 15.6 Å². The molecular formula is C15H22F3N4O2S+. The van der Waals surface area contributed by atoms with Gasteiger partial charge in [0.2, 0.25) is 0 Å². The summed E-state index contributed by atoms with van der Waals surface area (Å²) in [5, 5.41) is 3.17. The van der Waals surface area contributed by atoms with Crippen molar-refractivity contribution in [3.63, 3.8) is 0 Å². The molecule has 0 saturated carbocycles. The number of alkyl halides is 3. The van der Waals surface area contributed by atoms with Crippen LogP contribution in [0.4, 0.5) is 13.2 Å². The molecule has 0 spiro atoms. The van der Waals surface area contributed by atoms with Gasteiger partial charge in [0.15, 0.2) is 11.7 Å². The third-order valence-electron chi connectivity index (χ3n) is 2.99. The minimum atomic E-state index is -4.46. The Morgan fingerprint density at radius 1 is 1.28 bits per heavy atom. The van der Waals surface area contributed by atoms with E-state index in [4.69, 9.17) is 17.0 Å². The molecule has 0 bridgehead atoms. The Morgan fingerprint density at radius 2 is 2.00 bits per heavy atom. The summed E-state index contributed by atoms with van der Waals surface area (Å²) in [6.45, 7) is 1.20. The van der Waals surface area contributed by atoms with Crippen molar-refractivity contribution >= 4 is 23.2 Å². The molecule has 0 unspecified atom stereocenters. The van der Waals surface area contributed by atoms with Gasteiger partial charge in [0.25, 0.3) is 5.91 Å². The van der Waals surface area contributed by atoms with Crippen molar-refractivity contribution in [2.45, 2.75) is 12.6 Å². The molecule has 0 aromatic heterocycles. The van der Waals surface area contributed by atoms with Gasteiger partial charge in [-0.15, -0.1) is 0 Å². The molecule has 10 heteroatoms. The number of nitrogens with one attached hydrogen (secondary N) is 4. The van der Waals surface area contributed by atoms with Crippen molar-refractivity contribution < 1.29 is 27.6 Å². The quantitative estimate of drug-likeness (QED) is 0.308. The van der Waals surface area contributed by atoms with Crippen LogP contribution in [0.15, 0.2) is 24.3 Å². The lowest BCUT2D eigenvalue weighted by molar-refractivity contribution is -0.858. The van der Waals surface area contributed by atoms with E-state index in [1.807, 2.05) is 14.1 Å². The first-order chi connectivity index (χ1) is 11.7. The van der Waals surface area contributed by atoms with Crippen LogP contribution in [-0.2, 0) is 11.0 Å². The van der Waals surface area contributed by atoms with E-state index in [1.54, 1.807) is 0 Å². The molecule has 6 nitrogen and oxygen atoms in total. The van der Waals surface area contributed by atoms with E-state index in [2.05, 4.69) is 16.2 Å². The summed E-state index contributed by atoms with van der Waals surface area (Å²) in [5.41, 5.74) is 3.96. The molecule has 0 radical (unpaired) electrons. The molecule has 0 aliphatic heterocycles. The molecule has 4 N–H and O–H groups in total. The Balaban J connectivity index is 2.28. The molecule has 0 aliphatic rings. The number of hydrogen-bond donors (Lipinski definition) is 4. The van der Waals surface area contributed by atoms with Crippen LogP contribution < -0.4 is 25.8 Å². The number of benzene rings is 1. The molecule has 0 aliphatic carbocycles. The van der Waals surface area contributed by atoms with Crippen LogP contribution in [0.3, 0.4) is 0 Å². The first kappa shape index (κ1) is 21.0. The van der Waals surface area contributed by atoms with Gasteiger partial charge in [-0.05, 0) is 30.4 Å². The summed E-state index contributed by atoms with van der Waals surface area (Å²) in [5.74, 6) is -0.615. The molecular weight excluding hydrogens is 357 g/mol. The maximum Gasteiger partial charge on any atom is 0.416 e. The van der Waals surface area contributed by atoms with Crippen molar-refractivity contribution in [2.24, 2.45) is 0 Å². The minimum absolute atomic E-state index is 0.0446. The Kier molecular flexibility index (Phi) is 8.42. The fourth-order valence-corrected chi connectivity index (χ4v) is 1.91. The molecule has 1 amide bonds. The van der Waals surface area contributed by atoms with E-state index in [0.717, 1.165) is 25.1 Å². The molecule has 1 aromatic rings. The summed E-state index contributed by atoms with van der Waals surface area (Å²) in [6.07, 6.45) is -3.55. The van der Waals surface area contributed by atoms with Crippen LogP contribution in [0.5, 0.6) is 5.75 Å². The molecule has 0 fully saturated rings. The highest BCUT2D eigenvalue weighted by molar-refractivity contribution is 7.80. The highest BCUT2D eigenvalue weighted by Crippen LogP contribution is 2.31. The normalized spacial score (nSPS) is 11.1. The van der Waals surface area contributed by atoms with E-state index in [-0.39, 0.29) is 10.9 Å². The molecule has 0 saturated heterocycles. The van der Waals surface area contributed by atoms with E-state index in [1.165, 1.54) is 17.0 Å². The number of thiocarbonyl (C=S) groups is 1. The summed E-state index contributed by atoms with van der Waals surface area (Å²) in [6, 6.07) is 4.31. The van der Waals surface area contributed by atoms with Gasteiger partial charge in [-0.1, -0.05) is 6.07 Å². The second kappa shape index (κ2) is 10.0. The topological polar surface area (TPSA) is 66.8 Å². The number of carbonyl (C=O) groups is 1. The van der Waals surface area contributed by atoms with Crippen LogP contribution in [0.25, 0.3) is 0 Å². The average molecular weight is 379 g/mol. The zero-order chi connectivity index (χ0) is 18.9. The molecule has 1 aromatic carbocycles. The number of amides is 1. The SMILES string of the molecule is C[NH+](C)CCCNC(=S)NNC(=O)COc1cccc(C(F)(F)F)c1. The number of hydrazine groups is 1. The smallest absolute Gasteiger partial charge is 0.416 e. The van der Waals surface area contributed by atoms with Crippen molar-refractivity contribution in [3.8, 4) is 5.75 Å². The lowest BCUT2D eigenvalue weighted by Gasteiger charge is -2.13. The molecule has 0 atom stereocenters. The highest BCUT2D eigenvalue weighted by Gasteiger charge is 2.30. The van der Waals surface area contributed by atoms with Crippen molar-refractivity contribution in [1.82, 2.24) is 16.2 Å². The Morgan fingerprint density at radius 3 is 2.64 bits per heavy atom. The molecule has 140 valence electrons. The second-order valence-electron chi connectivity index (χ2n) is 5.55. The number of quaternary nitrogens is 1. The predicted molar refractivity (Wildman–Crippen MR) is 91.1 cm³/mol. The first-order valence-electron chi connectivity index (χ1n) is 7.60. The van der Waals surface area contributed by atoms with Crippen molar-refractivity contribution in [1.29, 1.82) is 0 Å². The summed E-state index contributed by atoms with van der Waals surface area (Å²) >= 11 is 4.98. The standard InChI is InChI=1S/C15H21F3N4O2S/c1-22(2)8-4-7-19-14(25)21-20-13(23)10-24-12-6-3-5-11(9-12)15(16,17)18/h3,5-6,9H,4,7-8,10H2,1-2H3,(H,20,23)(H2,19,21,25)/p+1. The molecule has 25 heavy (non-hydrogen) atoms. The van der Waals surface area contributed by atoms with Crippen LogP contribution in [-0.4, -0.2) is 44.8 Å². The minimum Gasteiger partial charge on any atom is -0.484 e. The maximum atomic E-state index is 12.6. The van der Waals surface area contributed by atoms with Gasteiger partial charge < -0.3 is 15.0 Å². The largest absolute Gasteiger partial charge is 0.484 e. The first-order valence-corrected chi connectivity index (χ1v) is 8.01. The fraction of sp³-hybridized carbons (Fsp3) is 0.467. The Bertz CT molecular complexity index is 582. The van der Waals surface area contributed by atoms with Crippen molar-refractivity contribution in [3.05, 3.63) is 29.8 Å². The van der Waals surface area contributed by atoms with Crippen LogP contribution in [0, 0.1) is 0 Å². The predicted octanol–water partition coefficient (Wildman–Crippen LogP) is 0.114. The van der Waals surface area contributed by atoms with Crippen LogP contribution in [0.2, 0.25) is 0 Å². The molecule has 1 rings (SSSR count). The van der Waals surface area contributed by atoms with E-state index in [9.17, 15) is 18.0 Å². The van der Waals surface area contributed by atoms with Gasteiger partial charge in [0.1, 0.15) is 5.75 Å².